The summed E-state index contributed by atoms with van der Waals surface area (Å²) in [6.45, 7) is 0.0855. The second-order valence-corrected chi connectivity index (χ2v) is 5.37. The van der Waals surface area contributed by atoms with Crippen LogP contribution in [0.1, 0.15) is 11.1 Å². The Hall–Kier alpha value is -3.59. The van der Waals surface area contributed by atoms with Crippen LogP contribution in [0.25, 0.3) is 10.9 Å². The van der Waals surface area contributed by atoms with Crippen LogP contribution in [0.4, 0.5) is 0 Å². The molecule has 0 aliphatic carbocycles. The van der Waals surface area contributed by atoms with Crippen molar-refractivity contribution in [2.75, 3.05) is 7.11 Å². The molecule has 6 nitrogen and oxygen atoms in total. The molecule has 6 heteroatoms. The number of amides is 1. The lowest BCUT2D eigenvalue weighted by atomic mass is 10.2. The molecule has 0 bridgehead atoms. The van der Waals surface area contributed by atoms with Gasteiger partial charge in [-0.25, -0.2) is 5.43 Å². The van der Waals surface area contributed by atoms with Crippen molar-refractivity contribution in [3.8, 4) is 11.8 Å². The van der Waals surface area contributed by atoms with Gasteiger partial charge in [0.05, 0.1) is 18.9 Å². The van der Waals surface area contributed by atoms with E-state index in [0.717, 1.165) is 22.2 Å². The number of ether oxygens (including phenoxy) is 1. The van der Waals surface area contributed by atoms with Gasteiger partial charge in [0.1, 0.15) is 18.4 Å². The predicted octanol–water partition coefficient (Wildman–Crippen LogP) is 2.67. The average Bonchev–Trinajstić information content (AvgIpc) is 3.00. The summed E-state index contributed by atoms with van der Waals surface area (Å²) < 4.78 is 6.83. The smallest absolute Gasteiger partial charge is 0.259 e. The van der Waals surface area contributed by atoms with Crippen molar-refractivity contribution in [3.63, 3.8) is 0 Å². The zero-order valence-electron chi connectivity index (χ0n) is 13.6. The van der Waals surface area contributed by atoms with Crippen LogP contribution in [0.5, 0.6) is 5.75 Å². The number of rotatable bonds is 5. The van der Waals surface area contributed by atoms with Gasteiger partial charge in [-0.3, -0.25) is 4.79 Å². The summed E-state index contributed by atoms with van der Waals surface area (Å²) in [7, 11) is 1.60. The molecule has 1 aromatic heterocycles. The van der Waals surface area contributed by atoms with E-state index in [1.807, 2.05) is 48.5 Å². The van der Waals surface area contributed by atoms with Gasteiger partial charge in [0.25, 0.3) is 5.91 Å². The van der Waals surface area contributed by atoms with Gasteiger partial charge >= 0.3 is 0 Å². The summed E-state index contributed by atoms with van der Waals surface area (Å²) in [6.07, 6.45) is 3.24. The quantitative estimate of drug-likeness (QED) is 0.576. The van der Waals surface area contributed by atoms with Gasteiger partial charge in [0, 0.05) is 17.1 Å². The first-order valence-electron chi connectivity index (χ1n) is 7.65. The summed E-state index contributed by atoms with van der Waals surface area (Å²) in [5, 5.41) is 14.0. The van der Waals surface area contributed by atoms with Gasteiger partial charge < -0.3 is 9.30 Å². The molecule has 0 aliphatic heterocycles. The highest BCUT2D eigenvalue weighted by atomic mass is 16.5. The Labute approximate surface area is 144 Å². The third-order valence-electron chi connectivity index (χ3n) is 3.74. The Balaban J connectivity index is 1.66. The number of fused-ring (bicyclic) bond motifs is 1. The number of nitriles is 1. The standard InChI is InChI=1S/C19H16N4O2/c1-25-16-8-6-14(7-9-16)11-21-22-19(24)13-23-12-15(10-20)17-4-2-3-5-18(17)23/h2-9,11-12H,13H2,1H3,(H,22,24)/b21-11-. The lowest BCUT2D eigenvalue weighted by Gasteiger charge is -2.04. The molecule has 2 aromatic carbocycles. The fourth-order valence-electron chi connectivity index (χ4n) is 2.53. The van der Waals surface area contributed by atoms with Crippen molar-refractivity contribution in [2.24, 2.45) is 5.10 Å². The highest BCUT2D eigenvalue weighted by Gasteiger charge is 2.10. The number of carbonyl (C=O) groups excluding carboxylic acids is 1. The molecule has 0 fully saturated rings. The number of benzene rings is 2. The van der Waals surface area contributed by atoms with E-state index in [9.17, 15) is 10.1 Å². The summed E-state index contributed by atoms with van der Waals surface area (Å²) >= 11 is 0. The summed E-state index contributed by atoms with van der Waals surface area (Å²) in [5.74, 6) is 0.490. The number of methoxy groups -OCH3 is 1. The van der Waals surface area contributed by atoms with E-state index in [1.165, 1.54) is 0 Å². The first-order chi connectivity index (χ1) is 12.2. The first-order valence-corrected chi connectivity index (χ1v) is 7.65. The van der Waals surface area contributed by atoms with Crippen LogP contribution in [0.3, 0.4) is 0 Å². The molecule has 1 amide bonds. The third kappa shape index (κ3) is 3.67. The summed E-state index contributed by atoms with van der Waals surface area (Å²) in [5.41, 5.74) is 4.73. The molecule has 0 spiro atoms. The second kappa shape index (κ2) is 7.32. The number of nitrogens with one attached hydrogen (secondary N) is 1. The van der Waals surface area contributed by atoms with Crippen LogP contribution < -0.4 is 10.2 Å². The number of hydrogen-bond acceptors (Lipinski definition) is 4. The fourth-order valence-corrected chi connectivity index (χ4v) is 2.53. The zero-order valence-corrected chi connectivity index (χ0v) is 13.6. The van der Waals surface area contributed by atoms with E-state index >= 15 is 0 Å². The van der Waals surface area contributed by atoms with Crippen molar-refractivity contribution >= 4 is 23.0 Å². The maximum atomic E-state index is 12.1. The van der Waals surface area contributed by atoms with Crippen LogP contribution in [-0.2, 0) is 11.3 Å². The van der Waals surface area contributed by atoms with E-state index in [2.05, 4.69) is 16.6 Å². The van der Waals surface area contributed by atoms with Crippen LogP contribution in [0.2, 0.25) is 0 Å². The van der Waals surface area contributed by atoms with Crippen molar-refractivity contribution < 1.29 is 9.53 Å². The zero-order chi connectivity index (χ0) is 17.6. The maximum absolute atomic E-state index is 12.1. The molecule has 3 rings (SSSR count). The number of carbonyl (C=O) groups is 1. The summed E-state index contributed by atoms with van der Waals surface area (Å²) in [6, 6.07) is 16.9. The number of hydrazone groups is 1. The highest BCUT2D eigenvalue weighted by Crippen LogP contribution is 2.20. The molecule has 25 heavy (non-hydrogen) atoms. The monoisotopic (exact) mass is 332 g/mol. The normalized spacial score (nSPS) is 10.7. The minimum absolute atomic E-state index is 0.0855. The fraction of sp³-hybridized carbons (Fsp3) is 0.105. The van der Waals surface area contributed by atoms with Gasteiger partial charge in [0.2, 0.25) is 0 Å². The molecule has 3 aromatic rings. The summed E-state index contributed by atoms with van der Waals surface area (Å²) in [4.78, 5) is 12.1. The van der Waals surface area contributed by atoms with Gasteiger partial charge in [0.15, 0.2) is 0 Å². The molecule has 0 saturated carbocycles. The van der Waals surface area contributed by atoms with Crippen molar-refractivity contribution in [2.45, 2.75) is 6.54 Å². The van der Waals surface area contributed by atoms with E-state index in [4.69, 9.17) is 4.74 Å². The minimum atomic E-state index is -0.269. The van der Waals surface area contributed by atoms with Crippen molar-refractivity contribution in [1.29, 1.82) is 5.26 Å². The predicted molar refractivity (Wildman–Crippen MR) is 95.4 cm³/mol. The molecule has 1 N–H and O–H groups in total. The van der Waals surface area contributed by atoms with Crippen LogP contribution in [-0.4, -0.2) is 23.8 Å². The number of hydrogen-bond donors (Lipinski definition) is 1. The molecule has 0 radical (unpaired) electrons. The van der Waals surface area contributed by atoms with Crippen LogP contribution in [0.15, 0.2) is 59.8 Å². The number of aromatic nitrogens is 1. The Morgan fingerprint density at radius 3 is 2.76 bits per heavy atom. The van der Waals surface area contributed by atoms with E-state index in [1.54, 1.807) is 24.1 Å². The first kappa shape index (κ1) is 16.3. The van der Waals surface area contributed by atoms with Gasteiger partial charge in [-0.2, -0.15) is 10.4 Å². The van der Waals surface area contributed by atoms with Gasteiger partial charge in [-0.1, -0.05) is 18.2 Å². The number of para-hydroxylation sites is 1. The molecular weight excluding hydrogens is 316 g/mol. The van der Waals surface area contributed by atoms with Crippen molar-refractivity contribution in [3.05, 3.63) is 65.9 Å². The topological polar surface area (TPSA) is 79.4 Å². The minimum Gasteiger partial charge on any atom is -0.497 e. The Morgan fingerprint density at radius 1 is 1.28 bits per heavy atom. The Morgan fingerprint density at radius 2 is 2.04 bits per heavy atom. The molecule has 0 saturated heterocycles. The van der Waals surface area contributed by atoms with Crippen LogP contribution in [0, 0.1) is 11.3 Å². The lowest BCUT2D eigenvalue weighted by molar-refractivity contribution is -0.121. The second-order valence-electron chi connectivity index (χ2n) is 5.37. The Bertz CT molecular complexity index is 965. The van der Waals surface area contributed by atoms with E-state index < -0.39 is 0 Å². The molecule has 0 atom stereocenters. The van der Waals surface area contributed by atoms with Gasteiger partial charge in [-0.15, -0.1) is 0 Å². The molecule has 124 valence electrons. The largest absolute Gasteiger partial charge is 0.497 e. The van der Waals surface area contributed by atoms with Crippen molar-refractivity contribution in [1.82, 2.24) is 9.99 Å². The SMILES string of the molecule is COc1ccc(/C=N\NC(=O)Cn2cc(C#N)c3ccccc32)cc1. The Kier molecular flexibility index (Phi) is 4.77. The highest BCUT2D eigenvalue weighted by molar-refractivity contribution is 5.88. The van der Waals surface area contributed by atoms with Crippen LogP contribution >= 0.6 is 0 Å². The maximum Gasteiger partial charge on any atom is 0.259 e. The lowest BCUT2D eigenvalue weighted by Crippen LogP contribution is -2.22. The van der Waals surface area contributed by atoms with Gasteiger partial charge in [-0.05, 0) is 35.9 Å². The molecule has 0 unspecified atom stereocenters. The number of nitrogens with zero attached hydrogens (tertiary/aromatic N) is 3. The molecular formula is C19H16N4O2. The molecule has 0 aliphatic rings. The average molecular weight is 332 g/mol. The van der Waals surface area contributed by atoms with E-state index in [-0.39, 0.29) is 12.5 Å². The third-order valence-corrected chi connectivity index (χ3v) is 3.74. The van der Waals surface area contributed by atoms with E-state index in [0.29, 0.717) is 5.56 Å². The molecule has 1 heterocycles.